The number of ether oxygens (including phenoxy) is 5. The third kappa shape index (κ3) is 14.2. The van der Waals surface area contributed by atoms with Crippen LogP contribution in [0, 0.1) is 20.2 Å². The Bertz CT molecular complexity index is 1490. The zero-order chi connectivity index (χ0) is 38.2. The van der Waals surface area contributed by atoms with Gasteiger partial charge in [-0.3, -0.25) is 29.8 Å². The largest absolute Gasteiger partial charge is 0.493 e. The maximum atomic E-state index is 12.6. The summed E-state index contributed by atoms with van der Waals surface area (Å²) in [5.41, 5.74) is -0.0111. The molecule has 0 spiro atoms. The Morgan fingerprint density at radius 1 is 0.706 bits per heavy atom. The summed E-state index contributed by atoms with van der Waals surface area (Å²) in [6, 6.07) is 5.93. The Kier molecular flexibility index (Phi) is 16.9. The highest BCUT2D eigenvalue weighted by molar-refractivity contribution is 5.76. The van der Waals surface area contributed by atoms with Gasteiger partial charge >= 0.3 is 0 Å². The molecule has 0 aliphatic carbocycles. The number of rotatable bonds is 24. The summed E-state index contributed by atoms with van der Waals surface area (Å²) in [6.45, 7) is 12.5. The van der Waals surface area contributed by atoms with Crippen molar-refractivity contribution in [3.05, 3.63) is 55.6 Å². The number of nitrogens with one attached hydrogen (secondary N) is 2. The van der Waals surface area contributed by atoms with E-state index in [-0.39, 0.29) is 60.7 Å². The minimum absolute atomic E-state index is 0.0311. The van der Waals surface area contributed by atoms with E-state index in [1.807, 2.05) is 41.5 Å². The SMILES string of the molecule is CCc1cc(OC)c(OCCCC(=O)NCCC(C)(C)OCCC(C)(C)NC(=O)CCCOc2cc([N+](=O)[O-])c(CC)cc2OC)cc1[N+](=O)[O-]. The minimum atomic E-state index is -0.531. The average molecular weight is 719 g/mol. The number of nitro benzene ring substituents is 2. The molecule has 2 amide bonds. The van der Waals surface area contributed by atoms with E-state index in [2.05, 4.69) is 10.6 Å². The molecule has 0 saturated heterocycles. The van der Waals surface area contributed by atoms with Gasteiger partial charge < -0.3 is 34.3 Å². The fraction of sp³-hybridized carbons (Fsp3) is 0.611. The van der Waals surface area contributed by atoms with Crippen LogP contribution in [0.5, 0.6) is 23.0 Å². The molecule has 0 aliphatic heterocycles. The van der Waals surface area contributed by atoms with Crippen LogP contribution in [0.3, 0.4) is 0 Å². The number of benzene rings is 2. The van der Waals surface area contributed by atoms with Crippen LogP contribution in [0.25, 0.3) is 0 Å². The van der Waals surface area contributed by atoms with Crippen molar-refractivity contribution in [3.8, 4) is 23.0 Å². The second-order valence-electron chi connectivity index (χ2n) is 13.3. The molecular formula is C36H54N4O11. The summed E-state index contributed by atoms with van der Waals surface area (Å²) in [4.78, 5) is 47.0. The summed E-state index contributed by atoms with van der Waals surface area (Å²) in [5.74, 6) is 1.05. The van der Waals surface area contributed by atoms with Crippen molar-refractivity contribution in [1.29, 1.82) is 0 Å². The molecule has 0 radical (unpaired) electrons. The lowest BCUT2D eigenvalue weighted by Crippen LogP contribution is -2.45. The lowest BCUT2D eigenvalue weighted by molar-refractivity contribution is -0.385. The molecule has 0 heterocycles. The predicted octanol–water partition coefficient (Wildman–Crippen LogP) is 6.25. The van der Waals surface area contributed by atoms with Crippen LogP contribution in [0.15, 0.2) is 24.3 Å². The van der Waals surface area contributed by atoms with Crippen molar-refractivity contribution in [2.45, 2.75) is 104 Å². The molecule has 0 aromatic heterocycles. The molecule has 15 heteroatoms. The first-order chi connectivity index (χ1) is 24.1. The van der Waals surface area contributed by atoms with Crippen molar-refractivity contribution in [3.63, 3.8) is 0 Å². The predicted molar refractivity (Wildman–Crippen MR) is 192 cm³/mol. The normalized spacial score (nSPS) is 11.5. The molecule has 284 valence electrons. The van der Waals surface area contributed by atoms with E-state index in [1.165, 1.54) is 26.4 Å². The van der Waals surface area contributed by atoms with Crippen LogP contribution >= 0.6 is 0 Å². The standard InChI is InChI=1S/C36H54N4O11/c1-9-25-21-29(47-7)31(23-27(25)39(43)44)49-18-11-13-33(41)37-17-15-36(5,6)51-20-16-35(3,4)38-34(42)14-12-19-50-32-24-28(40(45)46)26(10-2)22-30(32)48-8/h21-24H,9-20H2,1-8H3,(H,37,41)(H,38,42). The molecule has 0 unspecified atom stereocenters. The van der Waals surface area contributed by atoms with Crippen LogP contribution in [-0.4, -0.2) is 73.4 Å². The Hall–Kier alpha value is -4.66. The molecule has 0 atom stereocenters. The summed E-state index contributed by atoms with van der Waals surface area (Å²) in [6.07, 6.45) is 3.35. The number of methoxy groups -OCH3 is 2. The van der Waals surface area contributed by atoms with Crippen LogP contribution in [0.1, 0.15) is 91.2 Å². The maximum absolute atomic E-state index is 12.6. The number of hydrogen-bond acceptors (Lipinski definition) is 11. The second kappa shape index (κ2) is 20.3. The third-order valence-electron chi connectivity index (χ3n) is 8.24. The van der Waals surface area contributed by atoms with Crippen molar-refractivity contribution < 1.29 is 43.1 Å². The topological polar surface area (TPSA) is 191 Å². The van der Waals surface area contributed by atoms with Crippen molar-refractivity contribution >= 4 is 23.2 Å². The first-order valence-electron chi connectivity index (χ1n) is 17.2. The third-order valence-corrected chi connectivity index (χ3v) is 8.24. The van der Waals surface area contributed by atoms with E-state index >= 15 is 0 Å². The zero-order valence-electron chi connectivity index (χ0n) is 31.2. The molecular weight excluding hydrogens is 664 g/mol. The molecule has 0 aliphatic rings. The molecule has 15 nitrogen and oxygen atoms in total. The Morgan fingerprint density at radius 3 is 1.61 bits per heavy atom. The number of amides is 2. The van der Waals surface area contributed by atoms with Gasteiger partial charge in [-0.25, -0.2) is 0 Å². The number of carbonyl (C=O) groups is 2. The lowest BCUT2D eigenvalue weighted by atomic mass is 10.00. The molecule has 0 bridgehead atoms. The lowest BCUT2D eigenvalue weighted by Gasteiger charge is -2.30. The summed E-state index contributed by atoms with van der Waals surface area (Å²) in [7, 11) is 2.94. The average Bonchev–Trinajstić information content (AvgIpc) is 3.07. The van der Waals surface area contributed by atoms with E-state index in [0.29, 0.717) is 74.3 Å². The smallest absolute Gasteiger partial charge is 0.276 e. The first kappa shape index (κ1) is 42.5. The zero-order valence-corrected chi connectivity index (χ0v) is 31.2. The van der Waals surface area contributed by atoms with Crippen molar-refractivity contribution in [2.75, 3.05) is 40.6 Å². The maximum Gasteiger partial charge on any atom is 0.276 e. The van der Waals surface area contributed by atoms with Gasteiger partial charge in [-0.15, -0.1) is 0 Å². The highest BCUT2D eigenvalue weighted by atomic mass is 16.6. The fourth-order valence-electron chi connectivity index (χ4n) is 5.21. The number of nitrogens with zero attached hydrogens (tertiary/aromatic N) is 2. The highest BCUT2D eigenvalue weighted by Gasteiger charge is 2.24. The molecule has 2 rings (SSSR count). The van der Waals surface area contributed by atoms with Gasteiger partial charge in [0.25, 0.3) is 11.4 Å². The van der Waals surface area contributed by atoms with Crippen LogP contribution in [-0.2, 0) is 27.2 Å². The minimum Gasteiger partial charge on any atom is -0.493 e. The number of nitro groups is 2. The van der Waals surface area contributed by atoms with E-state index in [9.17, 15) is 29.8 Å². The van der Waals surface area contributed by atoms with E-state index < -0.39 is 21.0 Å². The molecule has 2 aromatic rings. The van der Waals surface area contributed by atoms with Gasteiger partial charge in [0.2, 0.25) is 11.8 Å². The summed E-state index contributed by atoms with van der Waals surface area (Å²) >= 11 is 0. The summed E-state index contributed by atoms with van der Waals surface area (Å²) < 4.78 is 28.2. The quantitative estimate of drug-likeness (QED) is 0.0709. The van der Waals surface area contributed by atoms with E-state index in [1.54, 1.807) is 12.1 Å². The number of carbonyl (C=O) groups excluding carboxylic acids is 2. The Morgan fingerprint density at radius 2 is 1.18 bits per heavy atom. The highest BCUT2D eigenvalue weighted by Crippen LogP contribution is 2.36. The molecule has 0 fully saturated rings. The van der Waals surface area contributed by atoms with Gasteiger partial charge in [0.1, 0.15) is 0 Å². The van der Waals surface area contributed by atoms with Crippen LogP contribution in [0.4, 0.5) is 11.4 Å². The second-order valence-corrected chi connectivity index (χ2v) is 13.3. The van der Waals surface area contributed by atoms with Gasteiger partial charge in [0.05, 0.1) is 55.0 Å². The molecule has 0 saturated carbocycles. The van der Waals surface area contributed by atoms with Gasteiger partial charge in [-0.2, -0.15) is 0 Å². The summed E-state index contributed by atoms with van der Waals surface area (Å²) in [5, 5.41) is 28.7. The fourth-order valence-corrected chi connectivity index (χ4v) is 5.21. The van der Waals surface area contributed by atoms with Gasteiger partial charge in [-0.1, -0.05) is 13.8 Å². The van der Waals surface area contributed by atoms with E-state index in [4.69, 9.17) is 23.7 Å². The van der Waals surface area contributed by atoms with Crippen molar-refractivity contribution in [2.24, 2.45) is 0 Å². The molecule has 2 aromatic carbocycles. The van der Waals surface area contributed by atoms with Crippen LogP contribution in [0.2, 0.25) is 0 Å². The Balaban J connectivity index is 1.68. The van der Waals surface area contributed by atoms with Crippen LogP contribution < -0.4 is 29.6 Å². The van der Waals surface area contributed by atoms with Gasteiger partial charge in [0, 0.05) is 42.7 Å². The first-order valence-corrected chi connectivity index (χ1v) is 17.2. The molecule has 2 N–H and O–H groups in total. The van der Waals surface area contributed by atoms with E-state index in [0.717, 1.165) is 0 Å². The number of hydrogen-bond donors (Lipinski definition) is 2. The van der Waals surface area contributed by atoms with Gasteiger partial charge in [-0.05, 0) is 78.4 Å². The molecule has 51 heavy (non-hydrogen) atoms. The Labute approximate surface area is 300 Å². The van der Waals surface area contributed by atoms with Gasteiger partial charge in [0.15, 0.2) is 23.0 Å². The monoisotopic (exact) mass is 718 g/mol. The van der Waals surface area contributed by atoms with Crippen molar-refractivity contribution in [1.82, 2.24) is 10.6 Å². The number of aryl methyl sites for hydroxylation is 2.